The van der Waals surface area contributed by atoms with Crippen LogP contribution in [0.5, 0.6) is 0 Å². The predicted molar refractivity (Wildman–Crippen MR) is 62.5 cm³/mol. The van der Waals surface area contributed by atoms with E-state index in [1.165, 1.54) is 4.90 Å². The number of nitrogens with zero attached hydrogens (tertiary/aromatic N) is 3. The highest BCUT2D eigenvalue weighted by molar-refractivity contribution is 5.84. The lowest BCUT2D eigenvalue weighted by atomic mass is 10.1. The van der Waals surface area contributed by atoms with E-state index in [0.717, 1.165) is 0 Å². The second kappa shape index (κ2) is 4.77. The van der Waals surface area contributed by atoms with Crippen LogP contribution in [0.2, 0.25) is 0 Å². The Labute approximate surface area is 104 Å². The minimum Gasteiger partial charge on any atom is -0.481 e. The van der Waals surface area contributed by atoms with Crippen LogP contribution in [0.3, 0.4) is 0 Å². The number of aliphatic carboxylic acids is 1. The number of rotatable bonds is 3. The summed E-state index contributed by atoms with van der Waals surface area (Å²) in [7, 11) is 1.75. The van der Waals surface area contributed by atoms with Crippen LogP contribution in [0.4, 0.5) is 0 Å². The van der Waals surface area contributed by atoms with E-state index in [4.69, 9.17) is 10.8 Å². The topological polar surface area (TPSA) is 101 Å². The molecule has 98 valence electrons. The van der Waals surface area contributed by atoms with Crippen LogP contribution < -0.4 is 5.73 Å². The Hall–Kier alpha value is -1.89. The molecular formula is C11H16N4O3. The average Bonchev–Trinajstić information content (AvgIpc) is 2.95. The molecule has 1 aliphatic rings. The van der Waals surface area contributed by atoms with Crippen molar-refractivity contribution in [1.82, 2.24) is 14.7 Å². The predicted octanol–water partition coefficient (Wildman–Crippen LogP) is -0.647. The van der Waals surface area contributed by atoms with Gasteiger partial charge in [-0.25, -0.2) is 0 Å². The van der Waals surface area contributed by atoms with Gasteiger partial charge in [0.25, 0.3) is 0 Å². The first kappa shape index (κ1) is 12.6. The lowest BCUT2D eigenvalue weighted by molar-refractivity contribution is -0.141. The van der Waals surface area contributed by atoms with Crippen molar-refractivity contribution in [1.29, 1.82) is 0 Å². The van der Waals surface area contributed by atoms with Gasteiger partial charge in [-0.3, -0.25) is 14.3 Å². The summed E-state index contributed by atoms with van der Waals surface area (Å²) in [5.41, 5.74) is 6.50. The van der Waals surface area contributed by atoms with E-state index in [9.17, 15) is 9.59 Å². The number of carboxylic acid groups (broad SMARTS) is 1. The zero-order chi connectivity index (χ0) is 13.3. The van der Waals surface area contributed by atoms with Crippen LogP contribution in [0.25, 0.3) is 0 Å². The molecule has 2 unspecified atom stereocenters. The molecule has 18 heavy (non-hydrogen) atoms. The summed E-state index contributed by atoms with van der Waals surface area (Å²) < 4.78 is 1.58. The first-order valence-electron chi connectivity index (χ1n) is 5.74. The SMILES string of the molecule is Cn1cc(C(N)C(=O)N2CCC(C(=O)O)C2)cn1. The Morgan fingerprint density at radius 3 is 2.83 bits per heavy atom. The molecule has 1 saturated heterocycles. The number of likely N-dealkylation sites (tertiary alicyclic amines) is 1. The number of hydrogen-bond acceptors (Lipinski definition) is 4. The third-order valence-corrected chi connectivity index (χ3v) is 3.20. The summed E-state index contributed by atoms with van der Waals surface area (Å²) in [6, 6.07) is -0.772. The maximum atomic E-state index is 12.1. The Morgan fingerprint density at radius 2 is 2.33 bits per heavy atom. The highest BCUT2D eigenvalue weighted by Gasteiger charge is 2.33. The lowest BCUT2D eigenvalue weighted by Crippen LogP contribution is -2.37. The number of hydrogen-bond donors (Lipinski definition) is 2. The normalized spacial score (nSPS) is 21.0. The van der Waals surface area contributed by atoms with Crippen LogP contribution in [0.1, 0.15) is 18.0 Å². The highest BCUT2D eigenvalue weighted by atomic mass is 16.4. The molecule has 2 heterocycles. The highest BCUT2D eigenvalue weighted by Crippen LogP contribution is 2.20. The van der Waals surface area contributed by atoms with Crippen molar-refractivity contribution in [3.8, 4) is 0 Å². The Morgan fingerprint density at radius 1 is 1.61 bits per heavy atom. The summed E-state index contributed by atoms with van der Waals surface area (Å²) in [4.78, 5) is 24.4. The number of aryl methyl sites for hydroxylation is 1. The van der Waals surface area contributed by atoms with Crippen molar-refractivity contribution in [2.75, 3.05) is 13.1 Å². The molecule has 3 N–H and O–H groups in total. The van der Waals surface area contributed by atoms with Crippen molar-refractivity contribution in [3.05, 3.63) is 18.0 Å². The van der Waals surface area contributed by atoms with Crippen molar-refractivity contribution >= 4 is 11.9 Å². The van der Waals surface area contributed by atoms with Gasteiger partial charge in [-0.1, -0.05) is 0 Å². The van der Waals surface area contributed by atoms with Gasteiger partial charge in [0.15, 0.2) is 0 Å². The summed E-state index contributed by atoms with van der Waals surface area (Å²) in [6.45, 7) is 0.686. The van der Waals surface area contributed by atoms with Gasteiger partial charge in [-0.2, -0.15) is 5.10 Å². The molecule has 0 aliphatic carbocycles. The van der Waals surface area contributed by atoms with E-state index in [0.29, 0.717) is 18.5 Å². The van der Waals surface area contributed by atoms with Gasteiger partial charge in [0.1, 0.15) is 6.04 Å². The van der Waals surface area contributed by atoms with Gasteiger partial charge < -0.3 is 15.7 Å². The molecule has 2 rings (SSSR count). The second-order valence-electron chi connectivity index (χ2n) is 4.53. The number of carbonyl (C=O) groups excluding carboxylic acids is 1. The standard InChI is InChI=1S/C11H16N4O3/c1-14-5-8(4-13-14)9(12)10(16)15-3-2-7(6-15)11(17)18/h4-5,7,9H,2-3,6,12H2,1H3,(H,17,18). The molecule has 7 heteroatoms. The van der Waals surface area contributed by atoms with Crippen molar-refractivity contribution in [2.45, 2.75) is 12.5 Å². The number of aromatic nitrogens is 2. The van der Waals surface area contributed by atoms with E-state index in [1.807, 2.05) is 0 Å². The molecular weight excluding hydrogens is 236 g/mol. The first-order valence-corrected chi connectivity index (χ1v) is 5.74. The van der Waals surface area contributed by atoms with E-state index in [2.05, 4.69) is 5.10 Å². The number of nitrogens with two attached hydrogens (primary N) is 1. The molecule has 1 aromatic rings. The average molecular weight is 252 g/mol. The molecule has 0 spiro atoms. The fourth-order valence-corrected chi connectivity index (χ4v) is 2.10. The number of carbonyl (C=O) groups is 2. The first-order chi connectivity index (χ1) is 8.49. The molecule has 2 atom stereocenters. The fourth-order valence-electron chi connectivity index (χ4n) is 2.10. The van der Waals surface area contributed by atoms with E-state index >= 15 is 0 Å². The van der Waals surface area contributed by atoms with E-state index in [1.54, 1.807) is 24.1 Å². The summed E-state index contributed by atoms with van der Waals surface area (Å²) in [5, 5.41) is 12.9. The molecule has 1 fully saturated rings. The Kier molecular flexibility index (Phi) is 3.33. The number of carboxylic acids is 1. The van der Waals surface area contributed by atoms with Crippen LogP contribution in [0, 0.1) is 5.92 Å². The van der Waals surface area contributed by atoms with Gasteiger partial charge in [-0.05, 0) is 6.42 Å². The molecule has 0 aromatic carbocycles. The third-order valence-electron chi connectivity index (χ3n) is 3.20. The maximum Gasteiger partial charge on any atom is 0.308 e. The fraction of sp³-hybridized carbons (Fsp3) is 0.545. The van der Waals surface area contributed by atoms with Crippen LogP contribution in [-0.2, 0) is 16.6 Å². The Bertz CT molecular complexity index is 471. The quantitative estimate of drug-likeness (QED) is 0.744. The third kappa shape index (κ3) is 2.35. The maximum absolute atomic E-state index is 12.1. The zero-order valence-electron chi connectivity index (χ0n) is 10.1. The second-order valence-corrected chi connectivity index (χ2v) is 4.53. The molecule has 1 amide bonds. The van der Waals surface area contributed by atoms with Gasteiger partial charge >= 0.3 is 5.97 Å². The van der Waals surface area contributed by atoms with Crippen molar-refractivity contribution < 1.29 is 14.7 Å². The van der Waals surface area contributed by atoms with Gasteiger partial charge in [0.2, 0.25) is 5.91 Å². The molecule has 1 aliphatic heterocycles. The molecule has 7 nitrogen and oxygen atoms in total. The smallest absolute Gasteiger partial charge is 0.308 e. The van der Waals surface area contributed by atoms with Gasteiger partial charge in [0, 0.05) is 31.9 Å². The van der Waals surface area contributed by atoms with Gasteiger partial charge in [0.05, 0.1) is 12.1 Å². The van der Waals surface area contributed by atoms with Gasteiger partial charge in [-0.15, -0.1) is 0 Å². The van der Waals surface area contributed by atoms with E-state index in [-0.39, 0.29) is 12.5 Å². The van der Waals surface area contributed by atoms with Crippen molar-refractivity contribution in [3.63, 3.8) is 0 Å². The largest absolute Gasteiger partial charge is 0.481 e. The summed E-state index contributed by atoms with van der Waals surface area (Å²) >= 11 is 0. The van der Waals surface area contributed by atoms with Crippen LogP contribution in [0.15, 0.2) is 12.4 Å². The zero-order valence-corrected chi connectivity index (χ0v) is 10.1. The van der Waals surface area contributed by atoms with Crippen molar-refractivity contribution in [2.24, 2.45) is 18.7 Å². The summed E-state index contributed by atoms with van der Waals surface area (Å²) in [6.07, 6.45) is 3.72. The summed E-state index contributed by atoms with van der Waals surface area (Å²) in [5.74, 6) is -1.58. The Balaban J connectivity index is 2.02. The molecule has 0 radical (unpaired) electrons. The van der Waals surface area contributed by atoms with E-state index < -0.39 is 17.9 Å². The number of amides is 1. The minimum absolute atomic E-state index is 0.238. The van der Waals surface area contributed by atoms with Crippen LogP contribution >= 0.6 is 0 Å². The monoisotopic (exact) mass is 252 g/mol. The molecule has 0 saturated carbocycles. The molecule has 0 bridgehead atoms. The molecule has 1 aromatic heterocycles. The minimum atomic E-state index is -0.861. The van der Waals surface area contributed by atoms with Crippen LogP contribution in [-0.4, -0.2) is 44.8 Å². The lowest BCUT2D eigenvalue weighted by Gasteiger charge is -2.19.